The molecule has 1 aromatic carbocycles. The van der Waals surface area contributed by atoms with Crippen molar-refractivity contribution in [2.24, 2.45) is 0 Å². The topological polar surface area (TPSA) is 63.6 Å². The Bertz CT molecular complexity index is 599. The van der Waals surface area contributed by atoms with Crippen molar-refractivity contribution in [2.45, 2.75) is 30.0 Å². The highest BCUT2D eigenvalue weighted by molar-refractivity contribution is 7.91. The first-order valence-corrected chi connectivity index (χ1v) is 7.99. The van der Waals surface area contributed by atoms with Crippen LogP contribution >= 0.6 is 0 Å². The Morgan fingerprint density at radius 2 is 1.95 bits per heavy atom. The summed E-state index contributed by atoms with van der Waals surface area (Å²) in [6.07, 6.45) is -5.91. The summed E-state index contributed by atoms with van der Waals surface area (Å²) in [7, 11) is -2.98. The second kappa shape index (κ2) is 7.38. The number of alkyl halides is 3. The van der Waals surface area contributed by atoms with Gasteiger partial charge in [-0.3, -0.25) is 0 Å². The summed E-state index contributed by atoms with van der Waals surface area (Å²) >= 11 is 0. The van der Waals surface area contributed by atoms with Crippen molar-refractivity contribution in [3.63, 3.8) is 0 Å². The molecule has 0 heterocycles. The first-order valence-electron chi connectivity index (χ1n) is 6.34. The van der Waals surface area contributed by atoms with Gasteiger partial charge in [-0.1, -0.05) is 0 Å². The molecule has 0 spiro atoms. The number of rotatable bonds is 7. The Morgan fingerprint density at radius 3 is 2.50 bits per heavy atom. The summed E-state index contributed by atoms with van der Waals surface area (Å²) in [5.41, 5.74) is -1.57. The second-order valence-corrected chi connectivity index (χ2v) is 6.71. The average Bonchev–Trinajstić information content (AvgIpc) is 2.37. The van der Waals surface area contributed by atoms with Crippen molar-refractivity contribution < 1.29 is 35.8 Å². The zero-order valence-electron chi connectivity index (χ0n) is 11.7. The molecular formula is C13H16F4O4S. The van der Waals surface area contributed by atoms with Crippen LogP contribution in [0, 0.1) is 5.82 Å². The molecule has 4 nitrogen and oxygen atoms in total. The number of halogens is 4. The van der Waals surface area contributed by atoms with Crippen LogP contribution in [-0.4, -0.2) is 39.1 Å². The number of hydrogen-bond acceptors (Lipinski definition) is 4. The normalized spacial score (nSPS) is 14.1. The average molecular weight is 344 g/mol. The summed E-state index contributed by atoms with van der Waals surface area (Å²) in [6, 6.07) is 1.33. The molecule has 1 N–H and O–H groups in total. The molecule has 0 radical (unpaired) electrons. The van der Waals surface area contributed by atoms with Crippen LogP contribution in [0.5, 0.6) is 0 Å². The fourth-order valence-corrected chi connectivity index (χ4v) is 3.52. The number of sulfone groups is 1. The highest BCUT2D eigenvalue weighted by Gasteiger charge is 2.38. The van der Waals surface area contributed by atoms with Gasteiger partial charge in [0.1, 0.15) is 5.82 Å². The summed E-state index contributed by atoms with van der Waals surface area (Å²) in [6.45, 7) is 0.293. The predicted octanol–water partition coefficient (Wildman–Crippen LogP) is 2.41. The lowest BCUT2D eigenvalue weighted by molar-refractivity contribution is -0.140. The summed E-state index contributed by atoms with van der Waals surface area (Å²) in [5.74, 6) is -2.06. The monoisotopic (exact) mass is 344 g/mol. The van der Waals surface area contributed by atoms with E-state index in [1.54, 1.807) is 0 Å². The fourth-order valence-electron chi connectivity index (χ4n) is 1.88. The minimum Gasteiger partial charge on any atom is -0.392 e. The van der Waals surface area contributed by atoms with Gasteiger partial charge in [0.2, 0.25) is 0 Å². The van der Waals surface area contributed by atoms with Gasteiger partial charge in [-0.05, 0) is 31.0 Å². The molecule has 126 valence electrons. The molecule has 0 aromatic heterocycles. The molecule has 1 atom stereocenters. The van der Waals surface area contributed by atoms with Gasteiger partial charge in [-0.2, -0.15) is 13.2 Å². The van der Waals surface area contributed by atoms with Gasteiger partial charge in [0.15, 0.2) is 9.84 Å². The van der Waals surface area contributed by atoms with Crippen molar-refractivity contribution >= 4 is 9.84 Å². The molecule has 1 aromatic rings. The van der Waals surface area contributed by atoms with E-state index in [2.05, 4.69) is 0 Å². The molecule has 0 bridgehead atoms. The lowest BCUT2D eigenvalue weighted by Crippen LogP contribution is -2.24. The maximum atomic E-state index is 13.0. The van der Waals surface area contributed by atoms with E-state index in [0.717, 1.165) is 0 Å². The first-order chi connectivity index (χ1) is 10.1. The van der Waals surface area contributed by atoms with Crippen LogP contribution in [0.25, 0.3) is 0 Å². The van der Waals surface area contributed by atoms with Crippen LogP contribution in [-0.2, 0) is 20.8 Å². The van der Waals surface area contributed by atoms with Crippen molar-refractivity contribution in [3.8, 4) is 0 Å². The third-order valence-electron chi connectivity index (χ3n) is 2.88. The maximum Gasteiger partial charge on any atom is 0.417 e. The van der Waals surface area contributed by atoms with E-state index >= 15 is 0 Å². The minimum atomic E-state index is -5.01. The zero-order chi connectivity index (χ0) is 17.0. The van der Waals surface area contributed by atoms with Crippen LogP contribution in [0.1, 0.15) is 18.4 Å². The van der Waals surface area contributed by atoms with Gasteiger partial charge in [-0.25, -0.2) is 12.8 Å². The lowest BCUT2D eigenvalue weighted by Gasteiger charge is -2.15. The SMILES string of the molecule is COCCCC(O)CS(=O)(=O)c1ccc(F)cc1C(F)(F)F. The van der Waals surface area contributed by atoms with Gasteiger partial charge in [0.25, 0.3) is 0 Å². The van der Waals surface area contributed by atoms with Crippen LogP contribution in [0.4, 0.5) is 17.6 Å². The smallest absolute Gasteiger partial charge is 0.392 e. The molecule has 9 heteroatoms. The molecule has 0 fully saturated rings. The van der Waals surface area contributed by atoms with E-state index in [-0.39, 0.29) is 12.5 Å². The lowest BCUT2D eigenvalue weighted by atomic mass is 10.2. The van der Waals surface area contributed by atoms with E-state index in [9.17, 15) is 31.1 Å². The maximum absolute atomic E-state index is 13.0. The van der Waals surface area contributed by atoms with Crippen LogP contribution < -0.4 is 0 Å². The molecule has 0 saturated heterocycles. The summed E-state index contributed by atoms with van der Waals surface area (Å²) in [4.78, 5) is -1.04. The third kappa shape index (κ3) is 5.22. The molecule has 0 amide bonds. The van der Waals surface area contributed by atoms with E-state index in [4.69, 9.17) is 4.74 Å². The number of benzene rings is 1. The van der Waals surface area contributed by atoms with Crippen LogP contribution in [0.3, 0.4) is 0 Å². The molecule has 1 unspecified atom stereocenters. The third-order valence-corrected chi connectivity index (χ3v) is 4.73. The molecule has 0 aliphatic carbocycles. The number of aliphatic hydroxyl groups excluding tert-OH is 1. The van der Waals surface area contributed by atoms with Crippen LogP contribution in [0.15, 0.2) is 23.1 Å². The van der Waals surface area contributed by atoms with Crippen molar-refractivity contribution in [1.82, 2.24) is 0 Å². The molecular weight excluding hydrogens is 328 g/mol. The van der Waals surface area contributed by atoms with Crippen molar-refractivity contribution in [3.05, 3.63) is 29.6 Å². The number of methoxy groups -OCH3 is 1. The standard InChI is InChI=1S/C13H16F4O4S/c1-21-6-2-3-10(18)8-22(19,20)12-5-4-9(14)7-11(12)13(15,16)17/h4-5,7,10,18H,2-3,6,8H2,1H3. The van der Waals surface area contributed by atoms with Gasteiger partial charge >= 0.3 is 6.18 Å². The molecule has 0 aliphatic heterocycles. The van der Waals surface area contributed by atoms with Crippen molar-refractivity contribution in [1.29, 1.82) is 0 Å². The number of hydrogen-bond donors (Lipinski definition) is 1. The summed E-state index contributed by atoms with van der Waals surface area (Å²) < 4.78 is 80.3. The molecule has 0 saturated carbocycles. The van der Waals surface area contributed by atoms with E-state index in [0.29, 0.717) is 25.2 Å². The Hall–Kier alpha value is -1.19. The van der Waals surface area contributed by atoms with Gasteiger partial charge in [0, 0.05) is 13.7 Å². The highest BCUT2D eigenvalue weighted by Crippen LogP contribution is 2.35. The Morgan fingerprint density at radius 1 is 1.32 bits per heavy atom. The van der Waals surface area contributed by atoms with Crippen LogP contribution in [0.2, 0.25) is 0 Å². The minimum absolute atomic E-state index is 0.0651. The highest BCUT2D eigenvalue weighted by atomic mass is 32.2. The predicted molar refractivity (Wildman–Crippen MR) is 70.6 cm³/mol. The Balaban J connectivity index is 3.03. The second-order valence-electron chi connectivity index (χ2n) is 4.71. The number of aliphatic hydroxyl groups is 1. The molecule has 1 rings (SSSR count). The van der Waals surface area contributed by atoms with Gasteiger partial charge in [-0.15, -0.1) is 0 Å². The van der Waals surface area contributed by atoms with Crippen molar-refractivity contribution in [2.75, 3.05) is 19.5 Å². The van der Waals surface area contributed by atoms with E-state index in [1.807, 2.05) is 0 Å². The Labute approximate surface area is 125 Å². The van der Waals surface area contributed by atoms with Gasteiger partial charge in [0.05, 0.1) is 22.3 Å². The quantitative estimate of drug-likeness (QED) is 0.469. The zero-order valence-corrected chi connectivity index (χ0v) is 12.5. The molecule has 0 aliphatic rings. The first kappa shape index (κ1) is 18.9. The van der Waals surface area contributed by atoms with E-state index < -0.39 is 44.1 Å². The Kier molecular flexibility index (Phi) is 6.33. The largest absolute Gasteiger partial charge is 0.417 e. The fraction of sp³-hybridized carbons (Fsp3) is 0.538. The number of ether oxygens (including phenoxy) is 1. The van der Waals surface area contributed by atoms with Gasteiger partial charge < -0.3 is 9.84 Å². The van der Waals surface area contributed by atoms with E-state index in [1.165, 1.54) is 7.11 Å². The summed E-state index contributed by atoms with van der Waals surface area (Å²) in [5, 5.41) is 9.63. The molecule has 22 heavy (non-hydrogen) atoms.